The average molecular weight is 605 g/mol. The first kappa shape index (κ1) is 30.1. The van der Waals surface area contributed by atoms with E-state index in [9.17, 15) is 9.90 Å². The third-order valence-electron chi connectivity index (χ3n) is 10.5. The number of guanidine groups is 1. The molecule has 3 aromatic rings. The Hall–Kier alpha value is -2.94. The van der Waals surface area contributed by atoms with E-state index in [4.69, 9.17) is 16.6 Å². The van der Waals surface area contributed by atoms with Crippen LogP contribution in [0.3, 0.4) is 0 Å². The van der Waals surface area contributed by atoms with Gasteiger partial charge in [-0.25, -0.2) is 9.98 Å². The standard InChI is InChI=1S/C34H45ClN6O2/c1-20-16-40(17-21(2)37-20)33(39-30-14-24-13-29(22(30)3)34(24,4)5)38-26-10-11-28-31(15-26)36-19-41(32(28)43)27(18-42)12-23-6-8-25(35)9-7-23/h6-11,15,19-22,24,27,29-30,37,42H,12-14,16-18H2,1-5H3,(H,38,39)/t20-,21+,22-,24+,27-,29-,30-/m0/s1. The lowest BCUT2D eigenvalue weighted by Gasteiger charge is -2.61. The van der Waals surface area contributed by atoms with Gasteiger partial charge < -0.3 is 20.6 Å². The molecule has 1 saturated heterocycles. The SMILES string of the molecule is C[C@@H]1[C@@H](N=C(Nc2ccc3c(=O)n([C@H](CO)Cc4ccc(Cl)cc4)cnc3c2)N2C[C@@H](C)N[C@@H](C)C2)C[C@H]2C[C@@H]1C2(C)C. The number of aliphatic imine (C=N–C) groups is 1. The fourth-order valence-corrected chi connectivity index (χ4v) is 8.01. The van der Waals surface area contributed by atoms with Gasteiger partial charge in [0.2, 0.25) is 0 Å². The summed E-state index contributed by atoms with van der Waals surface area (Å²) in [5.74, 6) is 2.90. The van der Waals surface area contributed by atoms with Gasteiger partial charge in [0.05, 0.1) is 35.9 Å². The first-order valence-corrected chi connectivity index (χ1v) is 16.1. The summed E-state index contributed by atoms with van der Waals surface area (Å²) in [5.41, 5.74) is 2.72. The minimum atomic E-state index is -0.424. The fraction of sp³-hybridized carbons (Fsp3) is 0.559. The van der Waals surface area contributed by atoms with Crippen LogP contribution in [-0.4, -0.2) is 63.3 Å². The highest BCUT2D eigenvalue weighted by Crippen LogP contribution is 2.61. The zero-order valence-electron chi connectivity index (χ0n) is 25.9. The molecule has 3 N–H and O–H groups in total. The number of benzene rings is 2. The maximum Gasteiger partial charge on any atom is 0.261 e. The number of hydrogen-bond donors (Lipinski definition) is 3. The van der Waals surface area contributed by atoms with Gasteiger partial charge in [0.25, 0.3) is 5.56 Å². The maximum atomic E-state index is 13.5. The summed E-state index contributed by atoms with van der Waals surface area (Å²) < 4.78 is 1.54. The molecule has 0 spiro atoms. The van der Waals surface area contributed by atoms with Crippen molar-refractivity contribution < 1.29 is 5.11 Å². The average Bonchev–Trinajstić information content (AvgIpc) is 2.97. The van der Waals surface area contributed by atoms with Crippen LogP contribution in [0.15, 0.2) is 58.6 Å². The molecule has 4 aliphatic rings. The molecular formula is C34H45ClN6O2. The van der Waals surface area contributed by atoms with Crippen molar-refractivity contribution in [3.05, 3.63) is 69.7 Å². The van der Waals surface area contributed by atoms with Gasteiger partial charge >= 0.3 is 0 Å². The van der Waals surface area contributed by atoms with E-state index >= 15 is 0 Å². The van der Waals surface area contributed by atoms with Crippen molar-refractivity contribution in [2.24, 2.45) is 28.2 Å². The Labute approximate surface area is 259 Å². The molecule has 2 aromatic carbocycles. The van der Waals surface area contributed by atoms with Crippen molar-refractivity contribution in [2.75, 3.05) is 25.0 Å². The summed E-state index contributed by atoms with van der Waals surface area (Å²) in [6.07, 6.45) is 4.52. The first-order valence-electron chi connectivity index (χ1n) is 15.8. The summed E-state index contributed by atoms with van der Waals surface area (Å²) in [5, 5.41) is 18.6. The van der Waals surface area contributed by atoms with Crippen LogP contribution in [0.25, 0.3) is 10.9 Å². The summed E-state index contributed by atoms with van der Waals surface area (Å²) >= 11 is 6.03. The van der Waals surface area contributed by atoms with E-state index in [1.54, 1.807) is 6.33 Å². The predicted molar refractivity (Wildman–Crippen MR) is 175 cm³/mol. The van der Waals surface area contributed by atoms with Crippen LogP contribution in [0.1, 0.15) is 59.1 Å². The van der Waals surface area contributed by atoms with Gasteiger partial charge in [0, 0.05) is 35.9 Å². The Bertz CT molecular complexity index is 1540. The van der Waals surface area contributed by atoms with Crippen molar-refractivity contribution >= 4 is 34.2 Å². The molecule has 43 heavy (non-hydrogen) atoms. The zero-order chi connectivity index (χ0) is 30.5. The second-order valence-electron chi connectivity index (χ2n) is 13.8. The van der Waals surface area contributed by atoms with Crippen molar-refractivity contribution in [3.63, 3.8) is 0 Å². The number of hydrogen-bond acceptors (Lipinski definition) is 5. The second-order valence-corrected chi connectivity index (χ2v) is 14.3. The second kappa shape index (κ2) is 11.9. The summed E-state index contributed by atoms with van der Waals surface area (Å²) in [6, 6.07) is 13.8. The highest BCUT2D eigenvalue weighted by Gasteiger charge is 2.56. The zero-order valence-corrected chi connectivity index (χ0v) is 26.7. The molecule has 7 rings (SSSR count). The molecule has 230 valence electrons. The number of rotatable bonds is 6. The highest BCUT2D eigenvalue weighted by atomic mass is 35.5. The highest BCUT2D eigenvalue weighted by molar-refractivity contribution is 6.30. The topological polar surface area (TPSA) is 94.8 Å². The van der Waals surface area contributed by atoms with Crippen LogP contribution < -0.4 is 16.2 Å². The number of aliphatic hydroxyl groups is 1. The monoisotopic (exact) mass is 604 g/mol. The number of piperazine rings is 1. The van der Waals surface area contributed by atoms with Crippen molar-refractivity contribution in [1.82, 2.24) is 19.8 Å². The molecule has 2 bridgehead atoms. The Morgan fingerprint density at radius 1 is 1.14 bits per heavy atom. The molecule has 2 heterocycles. The lowest BCUT2D eigenvalue weighted by molar-refractivity contribution is -0.108. The summed E-state index contributed by atoms with van der Waals surface area (Å²) in [4.78, 5) is 26.0. The van der Waals surface area contributed by atoms with Gasteiger partial charge in [-0.05, 0) is 92.2 Å². The smallest absolute Gasteiger partial charge is 0.261 e. The molecule has 9 heteroatoms. The number of nitrogens with zero attached hydrogens (tertiary/aromatic N) is 4. The third-order valence-corrected chi connectivity index (χ3v) is 10.7. The number of nitrogens with one attached hydrogen (secondary N) is 2. The largest absolute Gasteiger partial charge is 0.394 e. The Morgan fingerprint density at radius 3 is 2.51 bits per heavy atom. The number of aromatic nitrogens is 2. The molecule has 1 aromatic heterocycles. The number of fused-ring (bicyclic) bond motifs is 3. The van der Waals surface area contributed by atoms with Gasteiger partial charge in [0.1, 0.15) is 0 Å². The Morgan fingerprint density at radius 2 is 1.86 bits per heavy atom. The molecule has 1 aliphatic heterocycles. The normalized spacial score (nSPS) is 29.3. The van der Waals surface area contributed by atoms with Crippen LogP contribution in [0, 0.1) is 23.2 Å². The lowest BCUT2D eigenvalue weighted by Crippen LogP contribution is -2.59. The van der Waals surface area contributed by atoms with Crippen LogP contribution in [0.4, 0.5) is 5.69 Å². The molecule has 0 radical (unpaired) electrons. The molecule has 0 amide bonds. The molecule has 8 nitrogen and oxygen atoms in total. The van der Waals surface area contributed by atoms with Crippen LogP contribution in [-0.2, 0) is 6.42 Å². The minimum Gasteiger partial charge on any atom is -0.394 e. The van der Waals surface area contributed by atoms with E-state index in [1.807, 2.05) is 42.5 Å². The Kier molecular flexibility index (Phi) is 8.31. The van der Waals surface area contributed by atoms with Crippen LogP contribution in [0.2, 0.25) is 5.02 Å². The van der Waals surface area contributed by atoms with E-state index in [2.05, 4.69) is 55.1 Å². The quantitative estimate of drug-likeness (QED) is 0.259. The molecule has 3 saturated carbocycles. The van der Waals surface area contributed by atoms with Crippen LogP contribution in [0.5, 0.6) is 0 Å². The van der Waals surface area contributed by atoms with E-state index in [0.29, 0.717) is 51.8 Å². The fourth-order valence-electron chi connectivity index (χ4n) is 7.89. The number of halogens is 1. The van der Waals surface area contributed by atoms with E-state index in [0.717, 1.165) is 48.6 Å². The van der Waals surface area contributed by atoms with Crippen LogP contribution >= 0.6 is 11.6 Å². The minimum absolute atomic E-state index is 0.166. The predicted octanol–water partition coefficient (Wildman–Crippen LogP) is 5.35. The van der Waals surface area contributed by atoms with Gasteiger partial charge in [-0.15, -0.1) is 0 Å². The van der Waals surface area contributed by atoms with E-state index in [1.165, 1.54) is 11.0 Å². The third kappa shape index (κ3) is 5.94. The van der Waals surface area contributed by atoms with E-state index in [-0.39, 0.29) is 12.2 Å². The lowest BCUT2D eigenvalue weighted by atomic mass is 9.45. The summed E-state index contributed by atoms with van der Waals surface area (Å²) in [7, 11) is 0. The van der Waals surface area contributed by atoms with Crippen molar-refractivity contribution in [2.45, 2.75) is 78.0 Å². The molecule has 3 aliphatic carbocycles. The van der Waals surface area contributed by atoms with Gasteiger partial charge in [-0.3, -0.25) is 9.36 Å². The van der Waals surface area contributed by atoms with Crippen molar-refractivity contribution in [3.8, 4) is 0 Å². The molecule has 4 fully saturated rings. The van der Waals surface area contributed by atoms with Gasteiger partial charge in [0.15, 0.2) is 5.96 Å². The van der Waals surface area contributed by atoms with Gasteiger partial charge in [-0.2, -0.15) is 0 Å². The molecular weight excluding hydrogens is 560 g/mol. The van der Waals surface area contributed by atoms with Gasteiger partial charge in [-0.1, -0.05) is 44.5 Å². The van der Waals surface area contributed by atoms with E-state index < -0.39 is 6.04 Å². The maximum absolute atomic E-state index is 13.5. The molecule has 7 atom stereocenters. The van der Waals surface area contributed by atoms with Crippen molar-refractivity contribution in [1.29, 1.82) is 0 Å². The summed E-state index contributed by atoms with van der Waals surface area (Å²) in [6.45, 7) is 13.3. The molecule has 0 unspecified atom stereocenters. The first-order chi connectivity index (χ1) is 20.5. The number of aliphatic hydroxyl groups excluding tert-OH is 1. The number of anilines is 1. The Balaban J connectivity index is 1.27.